The summed E-state index contributed by atoms with van der Waals surface area (Å²) in [4.78, 5) is 24.4. The lowest BCUT2D eigenvalue weighted by atomic mass is 10.1. The lowest BCUT2D eigenvalue weighted by Crippen LogP contribution is -2.29. The summed E-state index contributed by atoms with van der Waals surface area (Å²) in [5.74, 6) is -0.604. The summed E-state index contributed by atoms with van der Waals surface area (Å²) in [5, 5.41) is 11.0. The molecule has 0 aliphatic carbocycles. The van der Waals surface area contributed by atoms with Gasteiger partial charge in [0.1, 0.15) is 5.75 Å². The quantitative estimate of drug-likeness (QED) is 0.774. The number of benzene rings is 2. The Morgan fingerprint density at radius 1 is 0.833 bits per heavy atom. The van der Waals surface area contributed by atoms with E-state index in [1.54, 1.807) is 30.3 Å². The molecule has 0 atom stereocenters. The van der Waals surface area contributed by atoms with E-state index in [1.807, 2.05) is 0 Å². The molecule has 1 aliphatic heterocycles. The number of phenols is 1. The Morgan fingerprint density at radius 3 is 2.11 bits per heavy atom. The maximum atomic E-state index is 11.7. The van der Waals surface area contributed by atoms with Gasteiger partial charge in [-0.1, -0.05) is 24.3 Å². The van der Waals surface area contributed by atoms with E-state index < -0.39 is 0 Å². The monoisotopic (exact) mass is 239 g/mol. The van der Waals surface area contributed by atoms with Crippen LogP contribution < -0.4 is 4.90 Å². The molecule has 0 bridgehead atoms. The van der Waals surface area contributed by atoms with Gasteiger partial charge in [0.25, 0.3) is 11.8 Å². The van der Waals surface area contributed by atoms with Gasteiger partial charge in [0, 0.05) is 22.9 Å². The number of aromatic hydroxyl groups is 1. The second-order valence-corrected chi connectivity index (χ2v) is 3.99. The van der Waals surface area contributed by atoms with Crippen molar-refractivity contribution < 1.29 is 14.7 Å². The van der Waals surface area contributed by atoms with Crippen LogP contribution in [0.4, 0.5) is 5.69 Å². The molecular weight excluding hydrogens is 230 g/mol. The van der Waals surface area contributed by atoms with Gasteiger partial charge in [-0.2, -0.15) is 0 Å². The first-order valence-corrected chi connectivity index (χ1v) is 5.45. The van der Waals surface area contributed by atoms with E-state index >= 15 is 0 Å². The number of fused-ring (bicyclic) bond motifs is 1. The number of anilines is 1. The topological polar surface area (TPSA) is 57.6 Å². The predicted molar refractivity (Wildman–Crippen MR) is 67.2 cm³/mol. The number of nitrogens with zero attached hydrogens (tertiary/aromatic N) is 1. The Bertz CT molecular complexity index is 685. The summed E-state index contributed by atoms with van der Waals surface area (Å²) in [7, 11) is 0. The molecule has 0 aromatic heterocycles. The third kappa shape index (κ3) is 1.39. The van der Waals surface area contributed by atoms with Gasteiger partial charge >= 0.3 is 0 Å². The molecule has 0 radical (unpaired) electrons. The first-order chi connectivity index (χ1) is 8.68. The molecule has 4 nitrogen and oxygen atoms in total. The number of carbonyl (C=O) groups excluding carboxylic acids is 2. The molecule has 0 spiro atoms. The van der Waals surface area contributed by atoms with Crippen LogP contribution in [0.2, 0.25) is 0 Å². The number of amides is 2. The van der Waals surface area contributed by atoms with E-state index in [4.69, 9.17) is 0 Å². The van der Waals surface area contributed by atoms with Gasteiger partial charge in [-0.15, -0.1) is 0 Å². The second-order valence-electron chi connectivity index (χ2n) is 3.99. The van der Waals surface area contributed by atoms with E-state index in [0.717, 1.165) is 4.90 Å². The standard InChI is InChI=1S/C14H9NO3/c16-12-6-5-11(9-3-1-2-4-10(9)12)15-13(17)7-8-14(15)18/h1-8,16H. The van der Waals surface area contributed by atoms with Gasteiger partial charge in [0.2, 0.25) is 0 Å². The van der Waals surface area contributed by atoms with Crippen LogP contribution in [0.25, 0.3) is 10.8 Å². The molecule has 3 rings (SSSR count). The third-order valence-corrected chi connectivity index (χ3v) is 2.93. The van der Waals surface area contributed by atoms with Crippen LogP contribution in [-0.2, 0) is 9.59 Å². The fourth-order valence-corrected chi connectivity index (χ4v) is 2.10. The summed E-state index contributed by atoms with van der Waals surface area (Å²) >= 11 is 0. The smallest absolute Gasteiger partial charge is 0.258 e. The zero-order valence-electron chi connectivity index (χ0n) is 9.33. The second kappa shape index (κ2) is 3.70. The molecule has 0 unspecified atom stereocenters. The summed E-state index contributed by atoms with van der Waals surface area (Å²) in [5.41, 5.74) is 0.489. The molecule has 18 heavy (non-hydrogen) atoms. The lowest BCUT2D eigenvalue weighted by molar-refractivity contribution is -0.119. The average Bonchev–Trinajstić information content (AvgIpc) is 2.71. The number of rotatable bonds is 1. The highest BCUT2D eigenvalue weighted by Gasteiger charge is 2.26. The van der Waals surface area contributed by atoms with Crippen molar-refractivity contribution in [3.63, 3.8) is 0 Å². The maximum Gasteiger partial charge on any atom is 0.258 e. The third-order valence-electron chi connectivity index (χ3n) is 2.93. The number of imide groups is 1. The normalized spacial score (nSPS) is 14.8. The SMILES string of the molecule is O=C1C=CC(=O)N1c1ccc(O)c2ccccc12. The van der Waals surface area contributed by atoms with E-state index in [1.165, 1.54) is 18.2 Å². The highest BCUT2D eigenvalue weighted by molar-refractivity contribution is 6.30. The maximum absolute atomic E-state index is 11.7. The molecule has 1 N–H and O–H groups in total. The van der Waals surface area contributed by atoms with Crippen LogP contribution in [0.5, 0.6) is 5.75 Å². The Kier molecular flexibility index (Phi) is 2.16. The number of hydrogen-bond donors (Lipinski definition) is 1. The first kappa shape index (κ1) is 10.5. The molecule has 2 aromatic carbocycles. The minimum Gasteiger partial charge on any atom is -0.507 e. The van der Waals surface area contributed by atoms with E-state index in [9.17, 15) is 14.7 Å². The van der Waals surface area contributed by atoms with Gasteiger partial charge in [-0.25, -0.2) is 4.90 Å². The highest BCUT2D eigenvalue weighted by Crippen LogP contribution is 2.34. The van der Waals surface area contributed by atoms with Crippen LogP contribution in [0, 0.1) is 0 Å². The Balaban J connectivity index is 2.28. The molecule has 2 amide bonds. The Hall–Kier alpha value is -2.62. The fraction of sp³-hybridized carbons (Fsp3) is 0. The first-order valence-electron chi connectivity index (χ1n) is 5.45. The van der Waals surface area contributed by atoms with Crippen LogP contribution in [-0.4, -0.2) is 16.9 Å². The van der Waals surface area contributed by atoms with E-state index in [2.05, 4.69) is 0 Å². The highest BCUT2D eigenvalue weighted by atomic mass is 16.3. The van der Waals surface area contributed by atoms with Crippen molar-refractivity contribution >= 4 is 28.3 Å². The van der Waals surface area contributed by atoms with Crippen molar-refractivity contribution in [2.75, 3.05) is 4.90 Å². The largest absolute Gasteiger partial charge is 0.507 e. The molecule has 4 heteroatoms. The molecule has 1 aliphatic rings. The number of carbonyl (C=O) groups is 2. The molecule has 0 fully saturated rings. The zero-order chi connectivity index (χ0) is 12.7. The van der Waals surface area contributed by atoms with Crippen molar-refractivity contribution in [2.24, 2.45) is 0 Å². The minimum atomic E-state index is -0.365. The molecular formula is C14H9NO3. The van der Waals surface area contributed by atoms with Gasteiger partial charge in [0.05, 0.1) is 5.69 Å². The van der Waals surface area contributed by atoms with Gasteiger partial charge in [-0.05, 0) is 12.1 Å². The van der Waals surface area contributed by atoms with Crippen LogP contribution in [0.3, 0.4) is 0 Å². The molecule has 88 valence electrons. The van der Waals surface area contributed by atoms with Gasteiger partial charge in [-0.3, -0.25) is 9.59 Å². The van der Waals surface area contributed by atoms with Crippen LogP contribution >= 0.6 is 0 Å². The van der Waals surface area contributed by atoms with Gasteiger partial charge < -0.3 is 5.11 Å². The molecule has 0 saturated carbocycles. The van der Waals surface area contributed by atoms with Crippen molar-refractivity contribution in [3.8, 4) is 5.75 Å². The van der Waals surface area contributed by atoms with Crippen LogP contribution in [0.15, 0.2) is 48.6 Å². The van der Waals surface area contributed by atoms with E-state index in [0.29, 0.717) is 16.5 Å². The minimum absolute atomic E-state index is 0.126. The van der Waals surface area contributed by atoms with Crippen molar-refractivity contribution in [1.29, 1.82) is 0 Å². The summed E-state index contributed by atoms with van der Waals surface area (Å²) < 4.78 is 0. The van der Waals surface area contributed by atoms with Gasteiger partial charge in [0.15, 0.2) is 0 Å². The summed E-state index contributed by atoms with van der Waals surface area (Å²) in [6, 6.07) is 10.1. The zero-order valence-corrected chi connectivity index (χ0v) is 9.33. The fourth-order valence-electron chi connectivity index (χ4n) is 2.10. The molecule has 0 saturated heterocycles. The number of phenolic OH excluding ortho intramolecular Hbond substituents is 1. The Morgan fingerprint density at radius 2 is 1.44 bits per heavy atom. The summed E-state index contributed by atoms with van der Waals surface area (Å²) in [6.45, 7) is 0. The van der Waals surface area contributed by atoms with Crippen molar-refractivity contribution in [2.45, 2.75) is 0 Å². The van der Waals surface area contributed by atoms with Crippen molar-refractivity contribution in [3.05, 3.63) is 48.6 Å². The summed E-state index contributed by atoms with van der Waals surface area (Å²) in [6.07, 6.45) is 2.48. The predicted octanol–water partition coefficient (Wildman–Crippen LogP) is 1.97. The average molecular weight is 239 g/mol. The molecule has 2 aromatic rings. The lowest BCUT2D eigenvalue weighted by Gasteiger charge is -2.16. The Labute approximate surface area is 103 Å². The van der Waals surface area contributed by atoms with Crippen molar-refractivity contribution in [1.82, 2.24) is 0 Å². The van der Waals surface area contributed by atoms with E-state index in [-0.39, 0.29) is 17.6 Å². The number of hydrogen-bond acceptors (Lipinski definition) is 3. The van der Waals surface area contributed by atoms with Crippen LogP contribution in [0.1, 0.15) is 0 Å². The molecule has 1 heterocycles.